The van der Waals surface area contributed by atoms with Gasteiger partial charge >= 0.3 is 0 Å². The number of carbonyl (C=O) groups is 1. The number of hydrogen-bond donors (Lipinski definition) is 2. The molecule has 2 rings (SSSR count). The first-order chi connectivity index (χ1) is 8.11. The van der Waals surface area contributed by atoms with E-state index in [9.17, 15) is 4.79 Å². The number of amides is 1. The molecule has 0 aliphatic carbocycles. The number of benzene rings is 1. The van der Waals surface area contributed by atoms with Crippen LogP contribution in [0.3, 0.4) is 0 Å². The average Bonchev–Trinajstić information content (AvgIpc) is 2.29. The molecule has 1 aromatic carbocycles. The largest absolute Gasteiger partial charge is 0.365 e. The second-order valence-electron chi connectivity index (χ2n) is 3.46. The van der Waals surface area contributed by atoms with Gasteiger partial charge in [-0.25, -0.2) is 0 Å². The molecule has 17 heavy (non-hydrogen) atoms. The molecule has 1 aliphatic heterocycles. The molecule has 1 amide bonds. The topological polar surface area (TPSA) is 78.9 Å². The molecule has 0 saturated heterocycles. The molecule has 1 aromatic rings. The van der Waals surface area contributed by atoms with Crippen molar-refractivity contribution in [3.05, 3.63) is 39.5 Å². The van der Waals surface area contributed by atoms with Crippen LogP contribution in [-0.2, 0) is 11.2 Å². The first kappa shape index (κ1) is 12.0. The van der Waals surface area contributed by atoms with Crippen LogP contribution in [0.4, 0.5) is 0 Å². The third-order valence-corrected chi connectivity index (χ3v) is 3.79. The molecule has 6 heteroatoms. The van der Waals surface area contributed by atoms with E-state index in [1.165, 1.54) is 11.9 Å². The number of primary amides is 1. The monoisotopic (exact) mass is 309 g/mol. The summed E-state index contributed by atoms with van der Waals surface area (Å²) in [6.07, 6.45) is 0.508. The lowest BCUT2D eigenvalue weighted by atomic mass is 10.1. The quantitative estimate of drug-likeness (QED) is 0.471. The van der Waals surface area contributed by atoms with Gasteiger partial charge in [-0.2, -0.15) is 5.26 Å². The van der Waals surface area contributed by atoms with Crippen LogP contribution in [-0.4, -0.2) is 5.91 Å². The van der Waals surface area contributed by atoms with Crippen LogP contribution >= 0.6 is 27.9 Å². The van der Waals surface area contributed by atoms with Crippen LogP contribution in [0.5, 0.6) is 0 Å². The fourth-order valence-corrected chi connectivity index (χ4v) is 2.75. The average molecular weight is 310 g/mol. The molecule has 0 saturated carbocycles. The van der Waals surface area contributed by atoms with Crippen LogP contribution in [0.2, 0.25) is 0 Å². The molecule has 0 spiro atoms. The van der Waals surface area contributed by atoms with Crippen molar-refractivity contribution in [2.24, 2.45) is 5.73 Å². The Labute approximate surface area is 111 Å². The van der Waals surface area contributed by atoms with Gasteiger partial charge in [0.25, 0.3) is 5.91 Å². The minimum absolute atomic E-state index is 0.0110. The Balaban J connectivity index is 2.42. The number of nitrogens with one attached hydrogen (secondary N) is 1. The SMILES string of the molecule is N#CC(C(N)=O)=C1Cc2cc(Br)ccc2SN1. The van der Waals surface area contributed by atoms with Gasteiger partial charge in [0, 0.05) is 21.5 Å². The third kappa shape index (κ3) is 2.46. The lowest BCUT2D eigenvalue weighted by Crippen LogP contribution is -2.22. The molecule has 4 nitrogen and oxygen atoms in total. The van der Waals surface area contributed by atoms with Crippen LogP contribution < -0.4 is 10.5 Å². The Bertz CT molecular complexity index is 562. The standard InChI is InChI=1S/C11H8BrN3OS/c12-7-1-2-10-6(3-7)4-9(15-17-10)8(5-13)11(14)16/h1-3,15H,4H2,(H2,14,16). The highest BCUT2D eigenvalue weighted by Crippen LogP contribution is 2.31. The van der Waals surface area contributed by atoms with Crippen molar-refractivity contribution in [2.45, 2.75) is 11.3 Å². The number of carbonyl (C=O) groups excluding carboxylic acids is 1. The van der Waals surface area contributed by atoms with Crippen molar-refractivity contribution in [1.29, 1.82) is 5.26 Å². The summed E-state index contributed by atoms with van der Waals surface area (Å²) in [6.45, 7) is 0. The number of allylic oxidation sites excluding steroid dienone is 1. The summed E-state index contributed by atoms with van der Waals surface area (Å²) in [5, 5.41) is 8.88. The van der Waals surface area contributed by atoms with Crippen molar-refractivity contribution in [1.82, 2.24) is 4.72 Å². The van der Waals surface area contributed by atoms with Crippen molar-refractivity contribution >= 4 is 33.8 Å². The van der Waals surface area contributed by atoms with E-state index in [0.29, 0.717) is 12.1 Å². The predicted octanol–water partition coefficient (Wildman–Crippen LogP) is 1.86. The maximum atomic E-state index is 11.1. The van der Waals surface area contributed by atoms with E-state index >= 15 is 0 Å². The fraction of sp³-hybridized carbons (Fsp3) is 0.0909. The van der Waals surface area contributed by atoms with Gasteiger partial charge in [0.1, 0.15) is 11.6 Å². The predicted molar refractivity (Wildman–Crippen MR) is 68.7 cm³/mol. The van der Waals surface area contributed by atoms with E-state index in [2.05, 4.69) is 20.7 Å². The van der Waals surface area contributed by atoms with E-state index in [4.69, 9.17) is 11.0 Å². The molecule has 0 aromatic heterocycles. The molecule has 1 heterocycles. The Hall–Kier alpha value is -1.45. The Morgan fingerprint density at radius 3 is 3.00 bits per heavy atom. The lowest BCUT2D eigenvalue weighted by Gasteiger charge is -2.20. The van der Waals surface area contributed by atoms with E-state index in [-0.39, 0.29) is 5.57 Å². The van der Waals surface area contributed by atoms with Gasteiger partial charge in [-0.15, -0.1) is 0 Å². The van der Waals surface area contributed by atoms with Gasteiger partial charge < -0.3 is 10.5 Å². The lowest BCUT2D eigenvalue weighted by molar-refractivity contribution is -0.114. The number of nitrogens with zero attached hydrogens (tertiary/aromatic N) is 1. The van der Waals surface area contributed by atoms with Crippen molar-refractivity contribution in [3.63, 3.8) is 0 Å². The number of hydrogen-bond acceptors (Lipinski definition) is 4. The maximum absolute atomic E-state index is 11.1. The van der Waals surface area contributed by atoms with E-state index < -0.39 is 5.91 Å². The molecule has 0 radical (unpaired) electrons. The van der Waals surface area contributed by atoms with Gasteiger partial charge in [-0.1, -0.05) is 15.9 Å². The molecule has 1 aliphatic rings. The summed E-state index contributed by atoms with van der Waals surface area (Å²) >= 11 is 4.77. The summed E-state index contributed by atoms with van der Waals surface area (Å²) in [5.41, 5.74) is 6.77. The molecule has 0 atom stereocenters. The minimum Gasteiger partial charge on any atom is -0.365 e. The second kappa shape index (κ2) is 4.82. The molecular formula is C11H8BrN3OS. The zero-order chi connectivity index (χ0) is 12.4. The molecule has 86 valence electrons. The van der Waals surface area contributed by atoms with Crippen molar-refractivity contribution in [2.75, 3.05) is 0 Å². The molecule has 0 bridgehead atoms. The summed E-state index contributed by atoms with van der Waals surface area (Å²) in [7, 11) is 0. The molecular weight excluding hydrogens is 302 g/mol. The van der Waals surface area contributed by atoms with Crippen molar-refractivity contribution < 1.29 is 4.79 Å². The summed E-state index contributed by atoms with van der Waals surface area (Å²) < 4.78 is 3.95. The van der Waals surface area contributed by atoms with Crippen LogP contribution in [0.15, 0.2) is 38.8 Å². The zero-order valence-corrected chi connectivity index (χ0v) is 11.1. The Morgan fingerprint density at radius 1 is 1.59 bits per heavy atom. The fourth-order valence-electron chi connectivity index (χ4n) is 1.54. The van der Waals surface area contributed by atoms with E-state index in [1.807, 2.05) is 24.3 Å². The summed E-state index contributed by atoms with van der Waals surface area (Å²) in [6, 6.07) is 7.73. The zero-order valence-electron chi connectivity index (χ0n) is 8.66. The minimum atomic E-state index is -0.700. The number of fused-ring (bicyclic) bond motifs is 1. The number of nitrogens with two attached hydrogens (primary N) is 1. The van der Waals surface area contributed by atoms with Gasteiger partial charge in [0.15, 0.2) is 0 Å². The number of rotatable bonds is 1. The highest BCUT2D eigenvalue weighted by molar-refractivity contribution is 9.10. The normalized spacial score (nSPS) is 16.5. The molecule has 3 N–H and O–H groups in total. The van der Waals surface area contributed by atoms with Crippen LogP contribution in [0, 0.1) is 11.3 Å². The highest BCUT2D eigenvalue weighted by atomic mass is 79.9. The van der Waals surface area contributed by atoms with E-state index in [1.54, 1.807) is 0 Å². The Morgan fingerprint density at radius 2 is 2.35 bits per heavy atom. The number of halogens is 1. The van der Waals surface area contributed by atoms with Gasteiger partial charge in [0.05, 0.1) is 0 Å². The van der Waals surface area contributed by atoms with Gasteiger partial charge in [-0.05, 0) is 35.7 Å². The van der Waals surface area contributed by atoms with Crippen LogP contribution in [0.25, 0.3) is 0 Å². The maximum Gasteiger partial charge on any atom is 0.261 e. The smallest absolute Gasteiger partial charge is 0.261 e. The van der Waals surface area contributed by atoms with Crippen LogP contribution in [0.1, 0.15) is 5.56 Å². The third-order valence-electron chi connectivity index (χ3n) is 2.33. The van der Waals surface area contributed by atoms with Crippen molar-refractivity contribution in [3.8, 4) is 6.07 Å². The summed E-state index contributed by atoms with van der Waals surface area (Å²) in [5.74, 6) is -0.700. The second-order valence-corrected chi connectivity index (χ2v) is 5.23. The van der Waals surface area contributed by atoms with E-state index in [0.717, 1.165) is 14.9 Å². The summed E-state index contributed by atoms with van der Waals surface area (Å²) in [4.78, 5) is 12.2. The molecule has 0 fully saturated rings. The first-order valence-corrected chi connectivity index (χ1v) is 6.37. The van der Waals surface area contributed by atoms with Gasteiger partial charge in [0.2, 0.25) is 0 Å². The first-order valence-electron chi connectivity index (χ1n) is 4.76. The number of nitriles is 1. The molecule has 0 unspecified atom stereocenters. The Kier molecular flexibility index (Phi) is 3.41. The van der Waals surface area contributed by atoms with Gasteiger partial charge in [-0.3, -0.25) is 4.79 Å². The highest BCUT2D eigenvalue weighted by Gasteiger charge is 2.19.